The van der Waals surface area contributed by atoms with Gasteiger partial charge in [0.2, 0.25) is 0 Å². The number of nitrogens with zero attached hydrogens (tertiary/aromatic N) is 2. The number of halogens is 3. The molecule has 1 N–H and O–H groups in total. The third-order valence-electron chi connectivity index (χ3n) is 3.84. The molecule has 1 fully saturated rings. The lowest BCUT2D eigenvalue weighted by Gasteiger charge is -2.26. The summed E-state index contributed by atoms with van der Waals surface area (Å²) in [5.41, 5.74) is -0.447. The number of aromatic amines is 1. The second kappa shape index (κ2) is 5.77. The lowest BCUT2D eigenvalue weighted by Crippen LogP contribution is -2.39. The van der Waals surface area contributed by atoms with Crippen molar-refractivity contribution in [2.24, 2.45) is 0 Å². The minimum absolute atomic E-state index is 0.210. The first-order chi connectivity index (χ1) is 10.4. The molecule has 0 spiro atoms. The Bertz CT molecular complexity index is 714. The van der Waals surface area contributed by atoms with Crippen molar-refractivity contribution in [3.05, 3.63) is 34.2 Å². The lowest BCUT2D eigenvalue weighted by atomic mass is 10.2. The van der Waals surface area contributed by atoms with Gasteiger partial charge in [-0.25, -0.2) is 4.79 Å². The quantitative estimate of drug-likeness (QED) is 0.937. The number of ether oxygens (including phenoxy) is 1. The van der Waals surface area contributed by atoms with Crippen LogP contribution in [0.5, 0.6) is 0 Å². The van der Waals surface area contributed by atoms with Gasteiger partial charge in [-0.2, -0.15) is 13.2 Å². The van der Waals surface area contributed by atoms with Crippen LogP contribution in [0.25, 0.3) is 11.0 Å². The topological polar surface area (TPSA) is 50.3 Å². The molecule has 0 bridgehead atoms. The van der Waals surface area contributed by atoms with Crippen LogP contribution in [0.15, 0.2) is 23.0 Å². The van der Waals surface area contributed by atoms with E-state index in [1.165, 1.54) is 10.6 Å². The standard InChI is InChI=1S/C14H16F3N3O2/c15-14(16,17)10-1-2-12-11(9-10)18-13(21)20(12)4-3-19-5-7-22-8-6-19/h1-2,9H,3-8H2,(H,18,21). The van der Waals surface area contributed by atoms with Gasteiger partial charge in [0.05, 0.1) is 29.8 Å². The van der Waals surface area contributed by atoms with E-state index < -0.39 is 11.7 Å². The maximum atomic E-state index is 12.7. The molecule has 0 saturated carbocycles. The van der Waals surface area contributed by atoms with Gasteiger partial charge in [0, 0.05) is 26.2 Å². The summed E-state index contributed by atoms with van der Waals surface area (Å²) in [6.45, 7) is 4.03. The van der Waals surface area contributed by atoms with Crippen LogP contribution in [0.2, 0.25) is 0 Å². The molecule has 2 aromatic rings. The number of aromatic nitrogens is 2. The van der Waals surface area contributed by atoms with Gasteiger partial charge in [0.15, 0.2) is 0 Å². The predicted octanol–water partition coefficient (Wildman–Crippen LogP) is 1.68. The molecule has 2 heterocycles. The van der Waals surface area contributed by atoms with Gasteiger partial charge in [0.25, 0.3) is 0 Å². The molecular weight excluding hydrogens is 299 g/mol. The largest absolute Gasteiger partial charge is 0.416 e. The van der Waals surface area contributed by atoms with E-state index >= 15 is 0 Å². The highest BCUT2D eigenvalue weighted by molar-refractivity contribution is 5.76. The van der Waals surface area contributed by atoms with Gasteiger partial charge >= 0.3 is 11.9 Å². The summed E-state index contributed by atoms with van der Waals surface area (Å²) in [6, 6.07) is 3.32. The molecule has 8 heteroatoms. The van der Waals surface area contributed by atoms with Crippen LogP contribution in [0, 0.1) is 0 Å². The van der Waals surface area contributed by atoms with Crippen LogP contribution in [0.3, 0.4) is 0 Å². The van der Waals surface area contributed by atoms with Gasteiger partial charge in [-0.1, -0.05) is 0 Å². The number of nitrogens with one attached hydrogen (secondary N) is 1. The number of hydrogen-bond donors (Lipinski definition) is 1. The minimum Gasteiger partial charge on any atom is -0.379 e. The van der Waals surface area contributed by atoms with Gasteiger partial charge in [-0.3, -0.25) is 9.47 Å². The summed E-state index contributed by atoms with van der Waals surface area (Å²) in [4.78, 5) is 16.6. The molecule has 3 rings (SSSR count). The van der Waals surface area contributed by atoms with Crippen molar-refractivity contribution in [3.63, 3.8) is 0 Å². The van der Waals surface area contributed by atoms with Gasteiger partial charge in [-0.15, -0.1) is 0 Å². The summed E-state index contributed by atoms with van der Waals surface area (Å²) < 4.78 is 44.8. The number of H-pyrrole nitrogens is 1. The van der Waals surface area contributed by atoms with E-state index in [1.807, 2.05) is 0 Å². The molecule has 22 heavy (non-hydrogen) atoms. The normalized spacial score (nSPS) is 17.2. The van der Waals surface area contributed by atoms with Crippen LogP contribution >= 0.6 is 0 Å². The van der Waals surface area contributed by atoms with E-state index in [-0.39, 0.29) is 11.2 Å². The zero-order chi connectivity index (χ0) is 15.7. The van der Waals surface area contributed by atoms with E-state index in [0.29, 0.717) is 31.8 Å². The van der Waals surface area contributed by atoms with E-state index in [9.17, 15) is 18.0 Å². The molecule has 1 aliphatic heterocycles. The fraction of sp³-hybridized carbons (Fsp3) is 0.500. The Morgan fingerprint density at radius 2 is 1.91 bits per heavy atom. The van der Waals surface area contributed by atoms with Gasteiger partial charge < -0.3 is 9.72 Å². The summed E-state index contributed by atoms with van der Waals surface area (Å²) in [5.74, 6) is 0. The number of fused-ring (bicyclic) bond motifs is 1. The Morgan fingerprint density at radius 1 is 1.18 bits per heavy atom. The Balaban J connectivity index is 1.83. The van der Waals surface area contributed by atoms with Crippen molar-refractivity contribution in [1.29, 1.82) is 0 Å². The molecule has 0 unspecified atom stereocenters. The first-order valence-electron chi connectivity index (χ1n) is 7.05. The number of morpholine rings is 1. The molecule has 1 aliphatic rings. The Hall–Kier alpha value is -1.80. The zero-order valence-corrected chi connectivity index (χ0v) is 11.8. The molecule has 120 valence electrons. The SMILES string of the molecule is O=c1[nH]c2cc(C(F)(F)F)ccc2n1CCN1CCOCC1. The number of imidazole rings is 1. The highest BCUT2D eigenvalue weighted by Gasteiger charge is 2.30. The number of rotatable bonds is 3. The molecule has 1 aromatic heterocycles. The van der Waals surface area contributed by atoms with Crippen LogP contribution in [0.1, 0.15) is 5.56 Å². The molecule has 0 atom stereocenters. The van der Waals surface area contributed by atoms with Crippen LogP contribution in [0.4, 0.5) is 13.2 Å². The molecule has 5 nitrogen and oxygen atoms in total. The highest BCUT2D eigenvalue weighted by Crippen LogP contribution is 2.30. The average Bonchev–Trinajstić information content (AvgIpc) is 2.80. The third kappa shape index (κ3) is 3.02. The van der Waals surface area contributed by atoms with Crippen LogP contribution in [-0.4, -0.2) is 47.3 Å². The third-order valence-corrected chi connectivity index (χ3v) is 3.84. The summed E-state index contributed by atoms with van der Waals surface area (Å²) in [5, 5.41) is 0. The van der Waals surface area contributed by atoms with E-state index in [1.54, 1.807) is 0 Å². The van der Waals surface area contributed by atoms with Crippen LogP contribution < -0.4 is 5.69 Å². The minimum atomic E-state index is -4.42. The van der Waals surface area contributed by atoms with Gasteiger partial charge in [-0.05, 0) is 18.2 Å². The molecule has 1 aromatic carbocycles. The monoisotopic (exact) mass is 315 g/mol. The fourth-order valence-corrected chi connectivity index (χ4v) is 2.63. The fourth-order valence-electron chi connectivity index (χ4n) is 2.63. The average molecular weight is 315 g/mol. The van der Waals surface area contributed by atoms with E-state index in [0.717, 1.165) is 25.2 Å². The van der Waals surface area contributed by atoms with Crippen LogP contribution in [-0.2, 0) is 17.5 Å². The number of hydrogen-bond acceptors (Lipinski definition) is 3. The van der Waals surface area contributed by atoms with Crippen molar-refractivity contribution in [3.8, 4) is 0 Å². The summed E-state index contributed by atoms with van der Waals surface area (Å²) >= 11 is 0. The van der Waals surface area contributed by atoms with Crippen molar-refractivity contribution in [2.45, 2.75) is 12.7 Å². The zero-order valence-electron chi connectivity index (χ0n) is 11.8. The summed E-state index contributed by atoms with van der Waals surface area (Å²) in [7, 11) is 0. The second-order valence-electron chi connectivity index (χ2n) is 5.27. The first kappa shape index (κ1) is 15.1. The second-order valence-corrected chi connectivity index (χ2v) is 5.27. The number of benzene rings is 1. The van der Waals surface area contributed by atoms with Gasteiger partial charge in [0.1, 0.15) is 0 Å². The van der Waals surface area contributed by atoms with Crippen molar-refractivity contribution >= 4 is 11.0 Å². The van der Waals surface area contributed by atoms with Crippen molar-refractivity contribution in [2.75, 3.05) is 32.8 Å². The van der Waals surface area contributed by atoms with E-state index in [4.69, 9.17) is 4.74 Å². The lowest BCUT2D eigenvalue weighted by molar-refractivity contribution is -0.137. The molecule has 0 aliphatic carbocycles. The Labute approximate surface area is 124 Å². The smallest absolute Gasteiger partial charge is 0.379 e. The summed E-state index contributed by atoms with van der Waals surface area (Å²) in [6.07, 6.45) is -4.42. The maximum Gasteiger partial charge on any atom is 0.416 e. The van der Waals surface area contributed by atoms with Crippen molar-refractivity contribution in [1.82, 2.24) is 14.5 Å². The molecular formula is C14H16F3N3O2. The van der Waals surface area contributed by atoms with Crippen molar-refractivity contribution < 1.29 is 17.9 Å². The molecule has 0 radical (unpaired) electrons. The maximum absolute atomic E-state index is 12.7. The molecule has 0 amide bonds. The molecule has 1 saturated heterocycles. The number of alkyl halides is 3. The van der Waals surface area contributed by atoms with E-state index in [2.05, 4.69) is 9.88 Å². The Kier molecular flexibility index (Phi) is 3.96. The first-order valence-corrected chi connectivity index (χ1v) is 7.05. The Morgan fingerprint density at radius 3 is 2.59 bits per heavy atom. The predicted molar refractivity (Wildman–Crippen MR) is 74.8 cm³/mol. The highest BCUT2D eigenvalue weighted by atomic mass is 19.4.